The summed E-state index contributed by atoms with van der Waals surface area (Å²) in [6, 6.07) is 11.6. The van der Waals surface area contributed by atoms with Crippen molar-refractivity contribution < 1.29 is 51.9 Å². The minimum absolute atomic E-state index is 0. The number of para-hydroxylation sites is 1. The van der Waals surface area contributed by atoms with Crippen molar-refractivity contribution >= 4 is 164 Å². The van der Waals surface area contributed by atoms with E-state index < -0.39 is 60.1 Å². The predicted octanol–water partition coefficient (Wildman–Crippen LogP) is -0.405. The van der Waals surface area contributed by atoms with Gasteiger partial charge in [0, 0.05) is 18.8 Å². The van der Waals surface area contributed by atoms with E-state index in [1.807, 2.05) is 0 Å². The van der Waals surface area contributed by atoms with Crippen molar-refractivity contribution in [2.24, 2.45) is 0 Å². The van der Waals surface area contributed by atoms with Crippen molar-refractivity contribution in [3.05, 3.63) is 77.4 Å². The zero-order chi connectivity index (χ0) is 28.7. The number of anilines is 1. The molecule has 0 atom stereocenters. The molecule has 0 saturated heterocycles. The van der Waals surface area contributed by atoms with Crippen LogP contribution in [0.2, 0.25) is 0 Å². The van der Waals surface area contributed by atoms with E-state index in [4.69, 9.17) is 0 Å². The van der Waals surface area contributed by atoms with Crippen LogP contribution in [0.4, 0.5) is 5.69 Å². The molecule has 0 aromatic heterocycles. The summed E-state index contributed by atoms with van der Waals surface area (Å²) >= 11 is 0. The molecule has 0 amide bonds. The average molecular weight is 704 g/mol. The maximum atomic E-state index is 12.1. The van der Waals surface area contributed by atoms with Crippen LogP contribution < -0.4 is 4.90 Å². The molecule has 4 N–H and O–H groups in total. The van der Waals surface area contributed by atoms with Gasteiger partial charge in [0.15, 0.2) is 0 Å². The maximum absolute atomic E-state index is 12.1. The summed E-state index contributed by atoms with van der Waals surface area (Å²) in [6.07, 6.45) is 0. The fourth-order valence-electron chi connectivity index (χ4n) is 3.69. The van der Waals surface area contributed by atoms with Gasteiger partial charge in [-0.05, 0) is 53.9 Å². The summed E-state index contributed by atoms with van der Waals surface area (Å²) in [5, 5.41) is 0. The summed E-state index contributed by atoms with van der Waals surface area (Å²) in [5.74, 6) is 0. The Kier molecular flexibility index (Phi) is 18.6. The fraction of sp³-hybridized carbons (Fsp3) is 0.143. The molecule has 3 rings (SSSR count). The second-order valence-electron chi connectivity index (χ2n) is 8.08. The van der Waals surface area contributed by atoms with Crippen molar-refractivity contribution in [3.8, 4) is 0 Å². The van der Waals surface area contributed by atoms with Crippen LogP contribution in [0.1, 0.15) is 16.7 Å². The molecule has 42 heavy (non-hydrogen) atoms. The third kappa shape index (κ3) is 12.0. The third-order valence-electron chi connectivity index (χ3n) is 5.41. The number of benzene rings is 3. The Hall–Kier alpha value is 1.10. The first-order chi connectivity index (χ1) is 17.3. The van der Waals surface area contributed by atoms with Gasteiger partial charge in [-0.1, -0.05) is 30.3 Å². The molecule has 0 heterocycles. The molecule has 3 aromatic carbocycles. The number of aryl methyl sites for hydroxylation is 1. The Bertz CT molecular complexity index is 1740. The third-order valence-corrected chi connectivity index (χ3v) is 8.98. The summed E-state index contributed by atoms with van der Waals surface area (Å²) in [6.45, 7) is 0.923. The molecule has 214 valence electrons. The van der Waals surface area contributed by atoms with Crippen molar-refractivity contribution in [1.29, 1.82) is 0 Å². The van der Waals surface area contributed by atoms with Crippen LogP contribution in [0, 0.1) is 6.92 Å². The van der Waals surface area contributed by atoms with E-state index in [-0.39, 0.29) is 142 Å². The molecule has 13 nitrogen and oxygen atoms in total. The molecule has 0 aliphatic rings. The van der Waals surface area contributed by atoms with Gasteiger partial charge in [0.2, 0.25) is 0 Å². The van der Waals surface area contributed by atoms with E-state index in [1.54, 1.807) is 31.2 Å². The van der Waals surface area contributed by atoms with E-state index in [9.17, 15) is 51.9 Å². The molecule has 0 aliphatic heterocycles. The van der Waals surface area contributed by atoms with Crippen LogP contribution in [-0.2, 0) is 53.6 Å². The summed E-state index contributed by atoms with van der Waals surface area (Å²) in [5.41, 5.74) is 0.753. The monoisotopic (exact) mass is 703 g/mol. The van der Waals surface area contributed by atoms with Crippen LogP contribution >= 0.6 is 0 Å². The van der Waals surface area contributed by atoms with Crippen molar-refractivity contribution in [2.75, 3.05) is 4.90 Å². The van der Waals surface area contributed by atoms with E-state index in [0.29, 0.717) is 23.4 Å². The molecule has 3 aromatic rings. The minimum atomic E-state index is -5.01. The Morgan fingerprint density at radius 1 is 0.548 bits per heavy atom. The number of hydrogen-bond acceptors (Lipinski definition) is 9. The molecular weight excluding hydrogens is 678 g/mol. The molecule has 21 heteroatoms. The van der Waals surface area contributed by atoms with Crippen LogP contribution in [0.3, 0.4) is 0 Å². The standard InChI is InChI=1S/C21H21NO12S4.4Na.4H/c1-14-4-2-3-5-19(14)22(12-15-6-8-17(35(23,24)25)10-20(15)37(29,30)31)13-16-7-9-18(36(26,27)28)11-21(16)38(32,33)34;;;;;;;;/h2-11H,12-13H2,1H3,(H,23,24,25)(H,26,27,28)(H,29,30,31)(H,32,33,34);;;;;;;;. The van der Waals surface area contributed by atoms with Crippen molar-refractivity contribution in [2.45, 2.75) is 39.6 Å². The molecule has 0 bridgehead atoms. The molecule has 0 radical (unpaired) electrons. The normalized spacial score (nSPS) is 11.6. The van der Waals surface area contributed by atoms with Crippen molar-refractivity contribution in [3.63, 3.8) is 0 Å². The Morgan fingerprint density at radius 2 is 0.905 bits per heavy atom. The first kappa shape index (κ1) is 45.2. The summed E-state index contributed by atoms with van der Waals surface area (Å²) < 4.78 is 132. The van der Waals surface area contributed by atoms with E-state index in [2.05, 4.69) is 0 Å². The van der Waals surface area contributed by atoms with Gasteiger partial charge in [-0.3, -0.25) is 18.2 Å². The second kappa shape index (κ2) is 17.3. The Balaban J connectivity index is 0. The zero-order valence-corrected chi connectivity index (χ0v) is 22.6. The molecule has 0 spiro atoms. The zero-order valence-electron chi connectivity index (χ0n) is 19.3. The van der Waals surface area contributed by atoms with Gasteiger partial charge in [0.05, 0.1) is 9.79 Å². The Labute approximate surface area is 333 Å². The Morgan fingerprint density at radius 3 is 1.21 bits per heavy atom. The fourth-order valence-corrected chi connectivity index (χ4v) is 6.33. The van der Waals surface area contributed by atoms with Crippen LogP contribution in [0.15, 0.2) is 80.2 Å². The predicted molar refractivity (Wildman–Crippen MR) is 162 cm³/mol. The SMILES string of the molecule is Cc1ccccc1N(Cc1ccc(S(=O)(=O)O)cc1S(=O)(=O)O)Cc1ccc(S(=O)(=O)O)cc1S(=O)(=O)O.[NaH].[NaH].[NaH].[NaH]. The quantitative estimate of drug-likeness (QED) is 0.165. The van der Waals surface area contributed by atoms with Crippen LogP contribution in [0.25, 0.3) is 0 Å². The van der Waals surface area contributed by atoms with Crippen LogP contribution in [-0.4, -0.2) is 170 Å². The van der Waals surface area contributed by atoms with Gasteiger partial charge >= 0.3 is 118 Å². The van der Waals surface area contributed by atoms with Gasteiger partial charge < -0.3 is 4.90 Å². The van der Waals surface area contributed by atoms with Gasteiger partial charge in [-0.15, -0.1) is 0 Å². The van der Waals surface area contributed by atoms with Gasteiger partial charge in [0.1, 0.15) is 9.79 Å². The molecular formula is C21H25NNa4O12S4. The van der Waals surface area contributed by atoms with E-state index in [0.717, 1.165) is 24.3 Å². The molecule has 0 saturated carbocycles. The average Bonchev–Trinajstić information content (AvgIpc) is 2.76. The van der Waals surface area contributed by atoms with Gasteiger partial charge in [-0.2, -0.15) is 33.7 Å². The first-order valence-corrected chi connectivity index (χ1v) is 16.0. The van der Waals surface area contributed by atoms with Gasteiger partial charge in [0.25, 0.3) is 40.5 Å². The molecule has 0 aliphatic carbocycles. The number of rotatable bonds is 9. The first-order valence-electron chi connectivity index (χ1n) is 10.2. The summed E-state index contributed by atoms with van der Waals surface area (Å²) in [7, 11) is -19.7. The molecule has 0 fully saturated rings. The number of hydrogen-bond donors (Lipinski definition) is 4. The molecule has 0 unspecified atom stereocenters. The van der Waals surface area contributed by atoms with Crippen molar-refractivity contribution in [1.82, 2.24) is 0 Å². The number of nitrogens with zero attached hydrogens (tertiary/aromatic N) is 1. The van der Waals surface area contributed by atoms with Gasteiger partial charge in [-0.25, -0.2) is 0 Å². The second-order valence-corrected chi connectivity index (χ2v) is 13.7. The topological polar surface area (TPSA) is 221 Å². The van der Waals surface area contributed by atoms with E-state index >= 15 is 0 Å². The van der Waals surface area contributed by atoms with E-state index in [1.165, 1.54) is 4.90 Å². The summed E-state index contributed by atoms with van der Waals surface area (Å²) in [4.78, 5) is -1.87. The van der Waals surface area contributed by atoms with Crippen LogP contribution in [0.5, 0.6) is 0 Å².